The molecule has 8 rings (SSSR count). The van der Waals surface area contributed by atoms with Crippen molar-refractivity contribution in [2.75, 3.05) is 0 Å². The number of fused-ring (bicyclic) bond motifs is 5. The zero-order valence-corrected chi connectivity index (χ0v) is 28.4. The van der Waals surface area contributed by atoms with Gasteiger partial charge in [0.15, 0.2) is 5.60 Å². The minimum absolute atomic E-state index is 0.0694. The molecule has 0 bridgehead atoms. The molecule has 0 saturated heterocycles. The highest BCUT2D eigenvalue weighted by atomic mass is 16.6. The van der Waals surface area contributed by atoms with Crippen molar-refractivity contribution in [2.45, 2.75) is 52.0 Å². The summed E-state index contributed by atoms with van der Waals surface area (Å²) in [6.07, 6.45) is 0.725. The lowest BCUT2D eigenvalue weighted by Crippen LogP contribution is -2.44. The predicted molar refractivity (Wildman–Crippen MR) is 193 cm³/mol. The number of carbonyl (C=O) groups is 1. The smallest absolute Gasteiger partial charge is 0.343 e. The normalized spacial score (nSPS) is 15.8. The standard InChI is InChI=1S/C41H33N3O8/c1-3-29-30-19-28(15-16-34(30)42-38-31(29)21-43-36(38)20-33-32(39(43)45)23-51-40(46)41(33,47)4-2)50-22-24-10-17-35(44(48)49)37(18-24)52-27-13-11-26(12-14-27)25-8-6-5-7-9-25/h5-20,47H,3-4,21-23H2,1-2H3/t41-/m0/s1. The molecule has 4 aromatic carbocycles. The minimum atomic E-state index is -1.90. The number of carbonyl (C=O) groups excluding carboxylic acids is 1. The van der Waals surface area contributed by atoms with Gasteiger partial charge in [-0.15, -0.1) is 0 Å². The average molecular weight is 696 g/mol. The lowest BCUT2D eigenvalue weighted by Gasteiger charge is -2.31. The Balaban J connectivity index is 1.07. The van der Waals surface area contributed by atoms with Gasteiger partial charge in [-0.2, -0.15) is 0 Å². The number of rotatable bonds is 9. The quantitative estimate of drug-likeness (QED) is 0.0918. The molecule has 0 amide bonds. The second kappa shape index (κ2) is 12.8. The van der Waals surface area contributed by atoms with E-state index in [9.17, 15) is 24.8 Å². The first kappa shape index (κ1) is 32.9. The van der Waals surface area contributed by atoms with Gasteiger partial charge in [0.1, 0.15) is 24.7 Å². The number of ether oxygens (including phenoxy) is 3. The second-order valence-corrected chi connectivity index (χ2v) is 12.9. The van der Waals surface area contributed by atoms with E-state index < -0.39 is 16.5 Å². The summed E-state index contributed by atoms with van der Waals surface area (Å²) in [5.41, 5.74) is 4.73. The molecule has 0 radical (unpaired) electrons. The Morgan fingerprint density at radius 1 is 0.923 bits per heavy atom. The van der Waals surface area contributed by atoms with Crippen LogP contribution in [0.4, 0.5) is 5.69 Å². The van der Waals surface area contributed by atoms with Crippen LogP contribution in [0.3, 0.4) is 0 Å². The van der Waals surface area contributed by atoms with Crippen molar-refractivity contribution >= 4 is 22.6 Å². The summed E-state index contributed by atoms with van der Waals surface area (Å²) in [5, 5.41) is 23.9. The fraction of sp³-hybridized carbons (Fsp3) is 0.195. The van der Waals surface area contributed by atoms with Crippen LogP contribution in [0.1, 0.15) is 48.1 Å². The van der Waals surface area contributed by atoms with E-state index in [4.69, 9.17) is 19.2 Å². The summed E-state index contributed by atoms with van der Waals surface area (Å²) in [7, 11) is 0. The van der Waals surface area contributed by atoms with Gasteiger partial charge in [0, 0.05) is 22.6 Å². The van der Waals surface area contributed by atoms with Crippen molar-refractivity contribution < 1.29 is 29.0 Å². The van der Waals surface area contributed by atoms with Crippen LogP contribution in [-0.4, -0.2) is 25.6 Å². The number of esters is 1. The largest absolute Gasteiger partial charge is 0.489 e. The van der Waals surface area contributed by atoms with E-state index in [1.165, 1.54) is 6.07 Å². The van der Waals surface area contributed by atoms with Crippen molar-refractivity contribution in [3.63, 3.8) is 0 Å². The number of nitrogens with zero attached hydrogens (tertiary/aromatic N) is 3. The van der Waals surface area contributed by atoms with Gasteiger partial charge >= 0.3 is 11.7 Å². The molecule has 0 fully saturated rings. The summed E-state index contributed by atoms with van der Waals surface area (Å²) in [5.74, 6) is 0.391. The molecule has 11 nitrogen and oxygen atoms in total. The SMILES string of the molecule is CCc1c2c(nc3ccc(OCc4ccc([N+](=O)[O-])c(Oc5ccc(-c6ccccc6)cc5)c4)cc13)-c1cc3c(c(=O)n1C2)COC(=O)[C@]3(O)CC. The number of nitro benzene ring substituents is 1. The first-order chi connectivity index (χ1) is 25.2. The monoisotopic (exact) mass is 695 g/mol. The molecule has 4 heterocycles. The van der Waals surface area contributed by atoms with E-state index in [2.05, 4.69) is 0 Å². The fourth-order valence-electron chi connectivity index (χ4n) is 7.16. The predicted octanol–water partition coefficient (Wildman–Crippen LogP) is 7.59. The molecule has 52 heavy (non-hydrogen) atoms. The van der Waals surface area contributed by atoms with Gasteiger partial charge in [-0.3, -0.25) is 14.9 Å². The molecule has 0 spiro atoms. The fourth-order valence-corrected chi connectivity index (χ4v) is 7.16. The Morgan fingerprint density at radius 2 is 1.67 bits per heavy atom. The van der Waals surface area contributed by atoms with Gasteiger partial charge in [-0.25, -0.2) is 9.78 Å². The summed E-state index contributed by atoms with van der Waals surface area (Å²) in [6.45, 7) is 3.95. The van der Waals surface area contributed by atoms with Gasteiger partial charge in [0.25, 0.3) is 5.56 Å². The van der Waals surface area contributed by atoms with Gasteiger partial charge in [-0.1, -0.05) is 56.3 Å². The highest BCUT2D eigenvalue weighted by Crippen LogP contribution is 2.41. The number of hydrogen-bond donors (Lipinski definition) is 1. The number of benzene rings is 4. The van der Waals surface area contributed by atoms with Crippen molar-refractivity contribution in [2.24, 2.45) is 0 Å². The van der Waals surface area contributed by atoms with E-state index in [0.29, 0.717) is 46.9 Å². The summed E-state index contributed by atoms with van der Waals surface area (Å²) in [4.78, 5) is 42.6. The number of aliphatic hydroxyl groups is 1. The highest BCUT2D eigenvalue weighted by molar-refractivity contribution is 5.90. The summed E-state index contributed by atoms with van der Waals surface area (Å²) >= 11 is 0. The average Bonchev–Trinajstić information content (AvgIpc) is 3.53. The maximum absolute atomic E-state index is 13.7. The molecule has 0 unspecified atom stereocenters. The number of nitro groups is 1. The van der Waals surface area contributed by atoms with E-state index in [-0.39, 0.29) is 47.8 Å². The topological polar surface area (TPSA) is 143 Å². The van der Waals surface area contributed by atoms with Crippen LogP contribution in [0.5, 0.6) is 17.2 Å². The van der Waals surface area contributed by atoms with Crippen LogP contribution in [0.25, 0.3) is 33.4 Å². The van der Waals surface area contributed by atoms with Gasteiger partial charge in [-0.05, 0) is 83.6 Å². The molecule has 2 aliphatic heterocycles. The third kappa shape index (κ3) is 5.46. The van der Waals surface area contributed by atoms with E-state index in [1.807, 2.05) is 61.5 Å². The number of aromatic nitrogens is 2. The number of cyclic esters (lactones) is 1. The first-order valence-electron chi connectivity index (χ1n) is 17.0. The van der Waals surface area contributed by atoms with Crippen LogP contribution in [0, 0.1) is 10.1 Å². The third-order valence-electron chi connectivity index (χ3n) is 9.95. The van der Waals surface area contributed by atoms with Crippen LogP contribution in [0.15, 0.2) is 102 Å². The van der Waals surface area contributed by atoms with Crippen molar-refractivity contribution in [3.8, 4) is 39.8 Å². The maximum atomic E-state index is 13.7. The Hall–Kier alpha value is -6.33. The Bertz CT molecular complexity index is 2480. The lowest BCUT2D eigenvalue weighted by molar-refractivity contribution is -0.385. The maximum Gasteiger partial charge on any atom is 0.343 e. The highest BCUT2D eigenvalue weighted by Gasteiger charge is 2.45. The second-order valence-electron chi connectivity index (χ2n) is 12.9. The molecule has 0 aliphatic carbocycles. The van der Waals surface area contributed by atoms with Crippen molar-refractivity contribution in [3.05, 3.63) is 145 Å². The van der Waals surface area contributed by atoms with Crippen LogP contribution in [-0.2, 0) is 41.3 Å². The number of aryl methyl sites for hydroxylation is 1. The molecular formula is C41H33N3O8. The van der Waals surface area contributed by atoms with Gasteiger partial charge < -0.3 is 23.9 Å². The van der Waals surface area contributed by atoms with Crippen molar-refractivity contribution in [1.29, 1.82) is 0 Å². The third-order valence-corrected chi connectivity index (χ3v) is 9.95. The summed E-state index contributed by atoms with van der Waals surface area (Å²) in [6, 6.07) is 29.2. The molecule has 2 aliphatic rings. The Morgan fingerprint density at radius 3 is 2.40 bits per heavy atom. The van der Waals surface area contributed by atoms with E-state index >= 15 is 0 Å². The van der Waals surface area contributed by atoms with E-state index in [1.54, 1.807) is 47.9 Å². The summed E-state index contributed by atoms with van der Waals surface area (Å²) < 4.78 is 19.0. The Kier molecular flexibility index (Phi) is 8.07. The molecule has 0 saturated carbocycles. The molecule has 1 atom stereocenters. The van der Waals surface area contributed by atoms with Crippen molar-refractivity contribution in [1.82, 2.24) is 9.55 Å². The van der Waals surface area contributed by atoms with Gasteiger partial charge in [0.05, 0.1) is 33.9 Å². The zero-order chi connectivity index (χ0) is 36.1. The molecule has 11 heteroatoms. The van der Waals surface area contributed by atoms with Crippen LogP contribution in [0.2, 0.25) is 0 Å². The Labute approximate surface area is 297 Å². The number of hydrogen-bond acceptors (Lipinski definition) is 9. The lowest BCUT2D eigenvalue weighted by atomic mass is 9.86. The van der Waals surface area contributed by atoms with Crippen LogP contribution < -0.4 is 15.0 Å². The number of pyridine rings is 2. The van der Waals surface area contributed by atoms with Crippen LogP contribution >= 0.6 is 0 Å². The van der Waals surface area contributed by atoms with E-state index in [0.717, 1.165) is 27.6 Å². The molecule has 2 aromatic heterocycles. The molecule has 6 aromatic rings. The van der Waals surface area contributed by atoms with Gasteiger partial charge in [0.2, 0.25) is 5.75 Å². The molecule has 260 valence electrons. The molecular weight excluding hydrogens is 662 g/mol. The zero-order valence-electron chi connectivity index (χ0n) is 28.4. The minimum Gasteiger partial charge on any atom is -0.489 e. The first-order valence-corrected chi connectivity index (χ1v) is 17.0. The molecule has 1 N–H and O–H groups in total.